The molecule has 20 heavy (non-hydrogen) atoms. The highest BCUT2D eigenvalue weighted by Gasteiger charge is 2.04. The van der Waals surface area contributed by atoms with E-state index in [9.17, 15) is 4.79 Å². The van der Waals surface area contributed by atoms with Crippen molar-refractivity contribution in [1.29, 1.82) is 0 Å². The first-order chi connectivity index (χ1) is 9.15. The Morgan fingerprint density at radius 2 is 2.00 bits per heavy atom. The molecule has 0 aliphatic carbocycles. The first-order valence-corrected chi connectivity index (χ1v) is 6.75. The molecule has 0 fully saturated rings. The molecule has 0 saturated heterocycles. The average Bonchev–Trinajstić information content (AvgIpc) is 2.40. The number of nitrogens with one attached hydrogen (secondary N) is 2. The van der Waals surface area contributed by atoms with E-state index in [0.717, 1.165) is 24.3 Å². The summed E-state index contributed by atoms with van der Waals surface area (Å²) in [6.45, 7) is 6.13. The standard InChI is InChI=1S/C15H24N2O2.ClH/c1-12-6-4-7-14(13(12)2)19-11-8-15(18)17-10-5-9-16-3;/h4,6-7,16H,5,8-11H2,1-3H3,(H,17,18);1H. The van der Waals surface area contributed by atoms with Crippen molar-refractivity contribution in [2.45, 2.75) is 26.7 Å². The van der Waals surface area contributed by atoms with Gasteiger partial charge in [0.25, 0.3) is 0 Å². The number of halogens is 1. The highest BCUT2D eigenvalue weighted by Crippen LogP contribution is 2.20. The Balaban J connectivity index is 0.00000361. The fraction of sp³-hybridized carbons (Fsp3) is 0.533. The van der Waals surface area contributed by atoms with Gasteiger partial charge >= 0.3 is 0 Å². The van der Waals surface area contributed by atoms with Gasteiger partial charge in [-0.3, -0.25) is 4.79 Å². The number of amides is 1. The van der Waals surface area contributed by atoms with Crippen molar-refractivity contribution in [2.24, 2.45) is 0 Å². The number of hydrogen-bond donors (Lipinski definition) is 2. The number of hydrogen-bond acceptors (Lipinski definition) is 3. The summed E-state index contributed by atoms with van der Waals surface area (Å²) in [6.07, 6.45) is 1.34. The van der Waals surface area contributed by atoms with Gasteiger partial charge in [0.05, 0.1) is 13.0 Å². The summed E-state index contributed by atoms with van der Waals surface area (Å²) in [5.74, 6) is 0.907. The molecule has 0 atom stereocenters. The molecule has 5 heteroatoms. The summed E-state index contributed by atoms with van der Waals surface area (Å²) < 4.78 is 5.64. The van der Waals surface area contributed by atoms with Crippen molar-refractivity contribution in [1.82, 2.24) is 10.6 Å². The molecule has 0 spiro atoms. The zero-order chi connectivity index (χ0) is 14.1. The van der Waals surface area contributed by atoms with E-state index in [0.29, 0.717) is 19.6 Å². The van der Waals surface area contributed by atoms with Crippen LogP contribution in [0.4, 0.5) is 0 Å². The molecule has 0 aliphatic heterocycles. The van der Waals surface area contributed by atoms with Gasteiger partial charge in [-0.05, 0) is 51.1 Å². The number of rotatable bonds is 8. The lowest BCUT2D eigenvalue weighted by Gasteiger charge is -2.10. The molecule has 0 saturated carbocycles. The van der Waals surface area contributed by atoms with Crippen LogP contribution in [0.3, 0.4) is 0 Å². The minimum Gasteiger partial charge on any atom is -0.493 e. The number of carbonyl (C=O) groups excluding carboxylic acids is 1. The first-order valence-electron chi connectivity index (χ1n) is 6.75. The Morgan fingerprint density at radius 1 is 1.25 bits per heavy atom. The smallest absolute Gasteiger partial charge is 0.223 e. The molecule has 1 aromatic carbocycles. The quantitative estimate of drug-likeness (QED) is 0.724. The SMILES string of the molecule is CNCCCNC(=O)CCOc1cccc(C)c1C.Cl. The fourth-order valence-electron chi connectivity index (χ4n) is 1.72. The summed E-state index contributed by atoms with van der Waals surface area (Å²) in [7, 11) is 1.90. The Kier molecular flexibility index (Phi) is 9.86. The van der Waals surface area contributed by atoms with Gasteiger partial charge in [-0.2, -0.15) is 0 Å². The molecule has 1 rings (SSSR count). The Bertz CT molecular complexity index is 411. The molecule has 0 bridgehead atoms. The third-order valence-corrected chi connectivity index (χ3v) is 3.07. The number of benzene rings is 1. The second-order valence-corrected chi connectivity index (χ2v) is 4.60. The molecule has 1 aromatic rings. The molecule has 114 valence electrons. The minimum atomic E-state index is 0. The average molecular weight is 301 g/mol. The summed E-state index contributed by atoms with van der Waals surface area (Å²) in [5, 5.41) is 5.91. The molecule has 0 heterocycles. The number of carbonyl (C=O) groups is 1. The van der Waals surface area contributed by atoms with E-state index in [1.807, 2.05) is 26.1 Å². The third-order valence-electron chi connectivity index (χ3n) is 3.07. The van der Waals surface area contributed by atoms with Crippen LogP contribution in [0.1, 0.15) is 24.0 Å². The van der Waals surface area contributed by atoms with E-state index >= 15 is 0 Å². The van der Waals surface area contributed by atoms with Gasteiger partial charge < -0.3 is 15.4 Å². The van der Waals surface area contributed by atoms with E-state index in [-0.39, 0.29) is 18.3 Å². The molecule has 4 nitrogen and oxygen atoms in total. The topological polar surface area (TPSA) is 50.4 Å². The minimum absolute atomic E-state index is 0. The monoisotopic (exact) mass is 300 g/mol. The molecule has 0 unspecified atom stereocenters. The first kappa shape index (κ1) is 18.7. The summed E-state index contributed by atoms with van der Waals surface area (Å²) in [6, 6.07) is 5.96. The molecular weight excluding hydrogens is 276 g/mol. The van der Waals surface area contributed by atoms with Gasteiger partial charge in [-0.1, -0.05) is 12.1 Å². The van der Waals surface area contributed by atoms with Gasteiger partial charge in [-0.15, -0.1) is 12.4 Å². The van der Waals surface area contributed by atoms with Crippen LogP contribution in [-0.2, 0) is 4.79 Å². The lowest BCUT2D eigenvalue weighted by Crippen LogP contribution is -2.27. The van der Waals surface area contributed by atoms with Gasteiger partial charge in [0.15, 0.2) is 0 Å². The molecule has 0 aliphatic rings. The van der Waals surface area contributed by atoms with E-state index in [4.69, 9.17) is 4.74 Å². The zero-order valence-electron chi connectivity index (χ0n) is 12.5. The van der Waals surface area contributed by atoms with Gasteiger partial charge in [0.2, 0.25) is 5.91 Å². The van der Waals surface area contributed by atoms with E-state index in [1.165, 1.54) is 5.56 Å². The summed E-state index contributed by atoms with van der Waals surface area (Å²) in [5.41, 5.74) is 2.34. The van der Waals surface area contributed by atoms with E-state index < -0.39 is 0 Å². The molecule has 2 N–H and O–H groups in total. The van der Waals surface area contributed by atoms with Gasteiger partial charge in [-0.25, -0.2) is 0 Å². The number of aryl methyl sites for hydroxylation is 1. The fourth-order valence-corrected chi connectivity index (χ4v) is 1.72. The summed E-state index contributed by atoms with van der Waals surface area (Å²) in [4.78, 5) is 11.5. The van der Waals surface area contributed by atoms with Crippen LogP contribution in [-0.4, -0.2) is 32.7 Å². The third kappa shape index (κ3) is 6.78. The zero-order valence-corrected chi connectivity index (χ0v) is 13.3. The van der Waals surface area contributed by atoms with Crippen LogP contribution in [0.25, 0.3) is 0 Å². The van der Waals surface area contributed by atoms with Crippen molar-refractivity contribution in [3.63, 3.8) is 0 Å². The van der Waals surface area contributed by atoms with Crippen molar-refractivity contribution >= 4 is 18.3 Å². The summed E-state index contributed by atoms with van der Waals surface area (Å²) >= 11 is 0. The molecule has 1 amide bonds. The second-order valence-electron chi connectivity index (χ2n) is 4.60. The maximum Gasteiger partial charge on any atom is 0.223 e. The molecular formula is C15H25ClN2O2. The molecule has 0 aromatic heterocycles. The van der Waals surface area contributed by atoms with Crippen molar-refractivity contribution < 1.29 is 9.53 Å². The van der Waals surface area contributed by atoms with E-state index in [1.54, 1.807) is 0 Å². The van der Waals surface area contributed by atoms with Crippen LogP contribution in [0.2, 0.25) is 0 Å². The second kappa shape index (κ2) is 10.5. The Labute approximate surface area is 127 Å². The lowest BCUT2D eigenvalue weighted by molar-refractivity contribution is -0.121. The van der Waals surface area contributed by atoms with Crippen LogP contribution in [0.5, 0.6) is 5.75 Å². The van der Waals surface area contributed by atoms with Crippen molar-refractivity contribution in [2.75, 3.05) is 26.7 Å². The highest BCUT2D eigenvalue weighted by molar-refractivity contribution is 5.85. The Morgan fingerprint density at radius 3 is 2.70 bits per heavy atom. The van der Waals surface area contributed by atoms with Crippen LogP contribution in [0.15, 0.2) is 18.2 Å². The van der Waals surface area contributed by atoms with Gasteiger partial charge in [0.1, 0.15) is 5.75 Å². The van der Waals surface area contributed by atoms with Gasteiger partial charge in [0, 0.05) is 6.54 Å². The van der Waals surface area contributed by atoms with Crippen molar-refractivity contribution in [3.05, 3.63) is 29.3 Å². The normalized spacial score (nSPS) is 9.75. The maximum atomic E-state index is 11.5. The van der Waals surface area contributed by atoms with Crippen LogP contribution >= 0.6 is 12.4 Å². The molecule has 0 radical (unpaired) electrons. The number of ether oxygens (including phenoxy) is 1. The maximum absolute atomic E-state index is 11.5. The largest absolute Gasteiger partial charge is 0.493 e. The predicted molar refractivity (Wildman–Crippen MR) is 84.8 cm³/mol. The predicted octanol–water partition coefficient (Wildman–Crippen LogP) is 2.22. The lowest BCUT2D eigenvalue weighted by atomic mass is 10.1. The van der Waals surface area contributed by atoms with E-state index in [2.05, 4.69) is 23.6 Å². The highest BCUT2D eigenvalue weighted by atomic mass is 35.5. The van der Waals surface area contributed by atoms with Crippen LogP contribution < -0.4 is 15.4 Å². The Hall–Kier alpha value is -1.26. The van der Waals surface area contributed by atoms with Crippen LogP contribution in [0, 0.1) is 13.8 Å². The van der Waals surface area contributed by atoms with Crippen molar-refractivity contribution in [3.8, 4) is 5.75 Å².